The van der Waals surface area contributed by atoms with E-state index in [1.807, 2.05) is 103 Å². The van der Waals surface area contributed by atoms with Gasteiger partial charge in [-0.05, 0) is 489 Å². The maximum atomic E-state index is 6.04. The van der Waals surface area contributed by atoms with E-state index in [1.54, 1.807) is 13.5 Å². The highest BCUT2D eigenvalue weighted by molar-refractivity contribution is 5.21. The minimum Gasteiger partial charge on any atom is -0.494 e. The monoisotopic (exact) mass is 2090 g/mol. The summed E-state index contributed by atoms with van der Waals surface area (Å²) in [6.07, 6.45) is 62.5. The van der Waals surface area contributed by atoms with Crippen LogP contribution in [0.25, 0.3) is 0 Å². The summed E-state index contributed by atoms with van der Waals surface area (Å²) in [6.45, 7) is 70.3. The number of fused-ring (bicyclic) bond motifs is 8. The third-order valence-corrected chi connectivity index (χ3v) is 37.6. The number of hydrogen-bond donors (Lipinski definition) is 0. The normalized spacial score (nSPS) is 31.6. The Bertz CT molecular complexity index is 3600. The first kappa shape index (κ1) is 133. The molecule has 0 aliphatic heterocycles. The van der Waals surface area contributed by atoms with E-state index in [2.05, 4.69) is 161 Å². The van der Waals surface area contributed by atoms with Crippen LogP contribution in [-0.2, 0) is 74.6 Å². The van der Waals surface area contributed by atoms with Crippen molar-refractivity contribution in [2.75, 3.05) is 126 Å². The molecule has 19 fully saturated rings. The lowest BCUT2D eigenvalue weighted by molar-refractivity contribution is -0.159. The molecule has 22 rings (SSSR count). The van der Waals surface area contributed by atoms with E-state index in [0.29, 0.717) is 40.8 Å². The van der Waals surface area contributed by atoms with Crippen molar-refractivity contribution in [2.45, 2.75) is 491 Å². The molecule has 15 atom stereocenters. The number of methoxy groups -OCH3 is 1. The predicted octanol–water partition coefficient (Wildman–Crippen LogP) is 35.5. The molecule has 14 heteroatoms. The molecule has 19 saturated carbocycles. The zero-order valence-electron chi connectivity index (χ0n) is 102. The molecular weight excluding hydrogens is 1850 g/mol. The molecule has 19 aliphatic rings. The van der Waals surface area contributed by atoms with Gasteiger partial charge in [-0.3, -0.25) is 0 Å². The summed E-state index contributed by atoms with van der Waals surface area (Å²) in [5.74, 6) is 21.5. The standard InChI is InChI=1S/2C12H20O.C12H22O.C12H24O.C11H20O.C10H18O.C10H20O.C10H14O.C9H16O.C9H18O.C9H12O.C8H10O.C6H14O.C5H12O/c1-2-13-12-6-9-3-10(7-12)5-11(4-9)8-12;1-2-13-12-10-4-8-3-9(6-10)7-11(12)5-8;1-5-13-10-8-9-6-7-12(10,4)11(9,2)3;1-5-13-12-8-10(4)6-7-11(12)9(2)3;1-2-12-6-5-11-8-9-3-4-10(11)7-9;1-2-11-7-10-6-8-3-4-9(10)5-8;2*1-2-11-9-8-10-6-4-3-5-7-10;1-2-10-9-6-7-3-4-8(9)5-7;2*1-2-10-8-9-6-4-3-5-7-9;1-2-9-8-6-4-3-5-7-8;1-5-7-6(2,3)4;1-5(2,3)6-4/h9-11H,2-8H2,1H3;8-12H,2-7H2,1H3;9-10H,5-8H2,1-4H3;9-12H,5-8H2,1-4H3;9-11H,2-8H2,1H3;8-10H,2-7H2,1H3;10H,2-9H2,1H3;3-7H,2,8-9H2,1H3;7-9H,2-6H2,1H3;9H,2-8H2,1H3;3-7H,2,8H2,1H3;3-7H,2H2,1H3;5H2,1-4H3;1-4H3. The van der Waals surface area contributed by atoms with Crippen LogP contribution >= 0.6 is 0 Å². The molecule has 16 bridgehead atoms. The Kier molecular flexibility index (Phi) is 66.3. The van der Waals surface area contributed by atoms with Crippen molar-refractivity contribution in [1.82, 2.24) is 0 Å². The number of rotatable bonds is 35. The van der Waals surface area contributed by atoms with Crippen molar-refractivity contribution >= 4 is 0 Å². The van der Waals surface area contributed by atoms with Gasteiger partial charge in [-0.15, -0.1) is 0 Å². The third-order valence-electron chi connectivity index (χ3n) is 37.6. The summed E-state index contributed by atoms with van der Waals surface area (Å²) in [4.78, 5) is 0. The van der Waals surface area contributed by atoms with Crippen LogP contribution in [0, 0.1) is 135 Å². The van der Waals surface area contributed by atoms with E-state index < -0.39 is 0 Å². The highest BCUT2D eigenvalue weighted by atomic mass is 16.5. The maximum Gasteiger partial charge on any atom is 0.119 e. The molecule has 19 aliphatic carbocycles. The van der Waals surface area contributed by atoms with Crippen molar-refractivity contribution < 1.29 is 66.3 Å². The Morgan fingerprint density at radius 3 is 1.23 bits per heavy atom. The zero-order chi connectivity index (χ0) is 108. The summed E-state index contributed by atoms with van der Waals surface area (Å²) in [5.41, 5.74) is 3.99. The molecule has 149 heavy (non-hydrogen) atoms. The van der Waals surface area contributed by atoms with Crippen molar-refractivity contribution in [3.8, 4) is 5.75 Å². The quantitative estimate of drug-likeness (QED) is 0.0518. The van der Waals surface area contributed by atoms with Gasteiger partial charge in [0.2, 0.25) is 0 Å². The number of ether oxygens (including phenoxy) is 14. The lowest BCUT2D eigenvalue weighted by Crippen LogP contribution is -2.51. The van der Waals surface area contributed by atoms with Gasteiger partial charge in [-0.25, -0.2) is 0 Å². The molecule has 864 valence electrons. The molecule has 14 nitrogen and oxygen atoms in total. The van der Waals surface area contributed by atoms with Crippen molar-refractivity contribution in [3.05, 3.63) is 102 Å². The van der Waals surface area contributed by atoms with Crippen LogP contribution in [0.15, 0.2) is 91.0 Å². The molecule has 0 radical (unpaired) electrons. The molecule has 3 aromatic carbocycles. The minimum absolute atomic E-state index is 0.0417. The Morgan fingerprint density at radius 2 is 0.805 bits per heavy atom. The first-order valence-corrected chi connectivity index (χ1v) is 63.3. The van der Waals surface area contributed by atoms with Crippen LogP contribution < -0.4 is 4.74 Å². The number of para-hydroxylation sites is 1. The summed E-state index contributed by atoms with van der Waals surface area (Å²) in [7, 11) is 1.71. The van der Waals surface area contributed by atoms with Crippen LogP contribution in [0.2, 0.25) is 0 Å². The molecule has 0 saturated heterocycles. The van der Waals surface area contributed by atoms with Gasteiger partial charge in [0, 0.05) is 113 Å². The van der Waals surface area contributed by atoms with Crippen LogP contribution in [0.1, 0.15) is 447 Å². The fourth-order valence-electron chi connectivity index (χ4n) is 29.9. The second-order valence-electron chi connectivity index (χ2n) is 51.3. The SMILES string of the molecule is CCOC(C)(C)C.CCOC12CC3CC(CC(C3)C1)C2.CCOC1C2CC3CC(C2)CC1C3.CCOC1CC(C)CCC1C(C)C.CCOC1CC2CCC1(C)C2(C)C.CCOC1CC2CCC1C2.CCOCC1CC2CCC1C2.CCOCC1CCCCC1.CCOCCC1CC2CCC1C2.CCOCCC1CCCCC1.CCOCCc1ccccc1.CCOCc1ccccc1.CCOc1ccccc1.COC(C)(C)C. The van der Waals surface area contributed by atoms with Gasteiger partial charge in [0.05, 0.1) is 61.0 Å². The molecule has 0 heterocycles. The second kappa shape index (κ2) is 74.4. The van der Waals surface area contributed by atoms with Crippen LogP contribution in [-0.4, -0.2) is 167 Å². The summed E-state index contributed by atoms with van der Waals surface area (Å²) in [6, 6.07) is 30.4. The average molecular weight is 2090 g/mol. The van der Waals surface area contributed by atoms with Gasteiger partial charge >= 0.3 is 0 Å². The van der Waals surface area contributed by atoms with Crippen molar-refractivity contribution in [2.24, 2.45) is 135 Å². The second-order valence-corrected chi connectivity index (χ2v) is 51.3. The van der Waals surface area contributed by atoms with E-state index in [-0.39, 0.29) is 11.2 Å². The fraction of sp³-hybridized carbons (Fsp3) is 0.867. The molecule has 0 aromatic heterocycles. The molecule has 0 N–H and O–H groups in total. The van der Waals surface area contributed by atoms with E-state index in [4.69, 9.17) is 66.3 Å². The van der Waals surface area contributed by atoms with Gasteiger partial charge in [0.15, 0.2) is 0 Å². The average Bonchev–Trinajstić information content (AvgIpc) is 1.60. The van der Waals surface area contributed by atoms with Crippen LogP contribution in [0.5, 0.6) is 5.75 Å². The minimum atomic E-state index is 0.0417. The highest BCUT2D eigenvalue weighted by Crippen LogP contribution is 2.66. The third kappa shape index (κ3) is 49.8. The smallest absolute Gasteiger partial charge is 0.119 e. The highest BCUT2D eigenvalue weighted by Gasteiger charge is 2.62. The van der Waals surface area contributed by atoms with Crippen LogP contribution in [0.3, 0.4) is 0 Å². The first-order chi connectivity index (χ1) is 71.8. The Balaban J connectivity index is 0.000000218. The predicted molar refractivity (Wildman–Crippen MR) is 628 cm³/mol. The molecule has 0 spiro atoms. The number of hydrogen-bond acceptors (Lipinski definition) is 14. The lowest BCUT2D eigenvalue weighted by Gasteiger charge is -2.56. The number of benzene rings is 3. The summed E-state index contributed by atoms with van der Waals surface area (Å²) >= 11 is 0. The lowest BCUT2D eigenvalue weighted by atomic mass is 9.54. The van der Waals surface area contributed by atoms with Crippen molar-refractivity contribution in [3.63, 3.8) is 0 Å². The Morgan fingerprint density at radius 1 is 0.349 bits per heavy atom. The summed E-state index contributed by atoms with van der Waals surface area (Å²) < 4.78 is 76.7. The Hall–Kier alpha value is -3.06. The van der Waals surface area contributed by atoms with E-state index in [0.717, 1.165) is 262 Å². The van der Waals surface area contributed by atoms with Gasteiger partial charge in [0.1, 0.15) is 5.75 Å². The van der Waals surface area contributed by atoms with E-state index in [1.165, 1.54) is 268 Å². The van der Waals surface area contributed by atoms with Crippen molar-refractivity contribution in [1.29, 1.82) is 0 Å². The molecule has 0 amide bonds. The molecule has 3 aromatic rings. The molecular formula is C135H240O14. The van der Waals surface area contributed by atoms with E-state index >= 15 is 0 Å². The maximum absolute atomic E-state index is 6.04. The zero-order valence-corrected chi connectivity index (χ0v) is 102. The summed E-state index contributed by atoms with van der Waals surface area (Å²) in [5, 5.41) is 0. The fourth-order valence-corrected chi connectivity index (χ4v) is 29.9. The first-order valence-electron chi connectivity index (χ1n) is 63.3. The van der Waals surface area contributed by atoms with Gasteiger partial charge in [-0.1, -0.05) is 191 Å². The Labute approximate surface area is 920 Å². The largest absolute Gasteiger partial charge is 0.494 e. The topological polar surface area (TPSA) is 129 Å². The van der Waals surface area contributed by atoms with Gasteiger partial charge < -0.3 is 66.3 Å². The molecule has 15 unspecified atom stereocenters. The van der Waals surface area contributed by atoms with Gasteiger partial charge in [-0.2, -0.15) is 0 Å². The van der Waals surface area contributed by atoms with Crippen LogP contribution in [0.4, 0.5) is 0 Å². The van der Waals surface area contributed by atoms with E-state index in [9.17, 15) is 0 Å². The van der Waals surface area contributed by atoms with Gasteiger partial charge in [0.25, 0.3) is 0 Å².